The van der Waals surface area contributed by atoms with Crippen LogP contribution in [0.5, 0.6) is 0 Å². The molecule has 134 valence electrons. The number of carbonyl (C=O) groups excluding carboxylic acids is 2. The van der Waals surface area contributed by atoms with Crippen LogP contribution in [0.4, 0.5) is 0 Å². The SMILES string of the molecule is O=C(N/C=C\c1c[nH]c2cc(Br)c(Br)cc12)C(=O)c1c[nH]c2ccccc12. The van der Waals surface area contributed by atoms with Gasteiger partial charge in [-0.15, -0.1) is 0 Å². The third kappa shape index (κ3) is 3.36. The van der Waals surface area contributed by atoms with E-state index in [2.05, 4.69) is 47.1 Å². The number of hydrogen-bond acceptors (Lipinski definition) is 2. The molecule has 0 spiro atoms. The quantitative estimate of drug-likeness (QED) is 0.275. The molecule has 0 atom stereocenters. The van der Waals surface area contributed by atoms with Gasteiger partial charge in [0, 0.05) is 54.9 Å². The molecule has 0 aliphatic rings. The van der Waals surface area contributed by atoms with Gasteiger partial charge in [-0.25, -0.2) is 0 Å². The lowest BCUT2D eigenvalue weighted by atomic mass is 10.1. The lowest BCUT2D eigenvalue weighted by molar-refractivity contribution is -0.116. The molecule has 0 saturated heterocycles. The van der Waals surface area contributed by atoms with Crippen LogP contribution >= 0.6 is 31.9 Å². The number of nitrogens with one attached hydrogen (secondary N) is 3. The van der Waals surface area contributed by atoms with E-state index in [0.29, 0.717) is 5.56 Å². The molecule has 0 saturated carbocycles. The summed E-state index contributed by atoms with van der Waals surface area (Å²) in [7, 11) is 0. The van der Waals surface area contributed by atoms with Gasteiger partial charge in [-0.3, -0.25) is 9.59 Å². The van der Waals surface area contributed by atoms with E-state index in [-0.39, 0.29) is 0 Å². The topological polar surface area (TPSA) is 77.8 Å². The maximum absolute atomic E-state index is 12.4. The Balaban J connectivity index is 1.52. The fourth-order valence-electron chi connectivity index (χ4n) is 2.93. The number of rotatable bonds is 4. The Labute approximate surface area is 171 Å². The zero-order valence-corrected chi connectivity index (χ0v) is 17.0. The molecule has 5 nitrogen and oxygen atoms in total. The van der Waals surface area contributed by atoms with Crippen LogP contribution in [-0.2, 0) is 4.79 Å². The highest BCUT2D eigenvalue weighted by Crippen LogP contribution is 2.30. The summed E-state index contributed by atoms with van der Waals surface area (Å²) in [6, 6.07) is 11.3. The highest BCUT2D eigenvalue weighted by Gasteiger charge is 2.18. The summed E-state index contributed by atoms with van der Waals surface area (Å²) < 4.78 is 1.88. The van der Waals surface area contributed by atoms with E-state index in [1.807, 2.05) is 42.6 Å². The number of benzene rings is 2. The van der Waals surface area contributed by atoms with Crippen LogP contribution in [-0.4, -0.2) is 21.7 Å². The zero-order valence-electron chi connectivity index (χ0n) is 13.8. The van der Waals surface area contributed by atoms with Crippen LogP contribution in [0, 0.1) is 0 Å². The molecule has 0 fully saturated rings. The number of amides is 1. The standard InChI is InChI=1S/C20H13Br2N3O2/c21-15-7-13-11(9-24-18(13)8-16(15)22)5-6-23-20(27)19(26)14-10-25-17-4-2-1-3-12(14)17/h1-10,24-25H,(H,23,27)/b6-5-. The normalized spacial score (nSPS) is 11.5. The van der Waals surface area contributed by atoms with E-state index in [1.165, 1.54) is 6.20 Å². The molecule has 2 aromatic carbocycles. The molecule has 0 bridgehead atoms. The Hall–Kier alpha value is -2.64. The highest BCUT2D eigenvalue weighted by molar-refractivity contribution is 9.13. The minimum atomic E-state index is -0.681. The molecule has 4 aromatic rings. The summed E-state index contributed by atoms with van der Waals surface area (Å²) >= 11 is 6.95. The Morgan fingerprint density at radius 1 is 0.926 bits per heavy atom. The highest BCUT2D eigenvalue weighted by atomic mass is 79.9. The van der Waals surface area contributed by atoms with Crippen LogP contribution in [0.1, 0.15) is 15.9 Å². The molecule has 0 aliphatic carbocycles. The van der Waals surface area contributed by atoms with Gasteiger partial charge < -0.3 is 15.3 Å². The lowest BCUT2D eigenvalue weighted by Crippen LogP contribution is -2.26. The van der Waals surface area contributed by atoms with Gasteiger partial charge in [-0.05, 0) is 56.1 Å². The first-order valence-corrected chi connectivity index (χ1v) is 9.67. The van der Waals surface area contributed by atoms with Crippen molar-refractivity contribution in [3.8, 4) is 0 Å². The Bertz CT molecular complexity index is 1220. The smallest absolute Gasteiger partial charge is 0.296 e. The van der Waals surface area contributed by atoms with Gasteiger partial charge in [0.05, 0.1) is 5.56 Å². The molecule has 2 aromatic heterocycles. The second kappa shape index (κ2) is 7.17. The molecule has 1 amide bonds. The van der Waals surface area contributed by atoms with Crippen LogP contribution in [0.15, 0.2) is 63.9 Å². The average molecular weight is 487 g/mol. The second-order valence-electron chi connectivity index (χ2n) is 5.94. The maximum Gasteiger partial charge on any atom is 0.296 e. The maximum atomic E-state index is 12.4. The number of ketones is 1. The van der Waals surface area contributed by atoms with Gasteiger partial charge in [0.25, 0.3) is 11.7 Å². The number of H-pyrrole nitrogens is 2. The van der Waals surface area contributed by atoms with Crippen molar-refractivity contribution in [2.45, 2.75) is 0 Å². The summed E-state index contributed by atoms with van der Waals surface area (Å²) in [4.78, 5) is 30.8. The third-order valence-corrected chi connectivity index (χ3v) is 6.12. The van der Waals surface area contributed by atoms with Crippen molar-refractivity contribution in [2.24, 2.45) is 0 Å². The number of para-hydroxylation sites is 1. The number of aromatic nitrogens is 2. The molecule has 27 heavy (non-hydrogen) atoms. The molecular formula is C20H13Br2N3O2. The van der Waals surface area contributed by atoms with E-state index >= 15 is 0 Å². The number of Topliss-reactive ketones (excluding diaryl/α,β-unsaturated/α-hetero) is 1. The average Bonchev–Trinajstić information content (AvgIpc) is 3.26. The van der Waals surface area contributed by atoms with Crippen molar-refractivity contribution in [2.75, 3.05) is 0 Å². The number of aromatic amines is 2. The van der Waals surface area contributed by atoms with Crippen LogP contribution in [0.3, 0.4) is 0 Å². The molecule has 0 aliphatic heterocycles. The van der Waals surface area contributed by atoms with E-state index < -0.39 is 11.7 Å². The zero-order chi connectivity index (χ0) is 19.0. The summed E-state index contributed by atoms with van der Waals surface area (Å²) in [6.07, 6.45) is 6.63. The van der Waals surface area contributed by atoms with Crippen molar-refractivity contribution in [1.82, 2.24) is 15.3 Å². The number of hydrogen-bond donors (Lipinski definition) is 3. The number of fused-ring (bicyclic) bond motifs is 2. The van der Waals surface area contributed by atoms with Gasteiger partial charge in [0.15, 0.2) is 0 Å². The summed E-state index contributed by atoms with van der Waals surface area (Å²) in [6.45, 7) is 0. The first-order valence-electron chi connectivity index (χ1n) is 8.08. The minimum Gasteiger partial charge on any atom is -0.361 e. The molecule has 2 heterocycles. The van der Waals surface area contributed by atoms with Gasteiger partial charge in [-0.2, -0.15) is 0 Å². The van der Waals surface area contributed by atoms with E-state index in [4.69, 9.17) is 0 Å². The van der Waals surface area contributed by atoms with Crippen molar-refractivity contribution in [1.29, 1.82) is 0 Å². The Kier molecular flexibility index (Phi) is 4.72. The summed E-state index contributed by atoms with van der Waals surface area (Å²) in [5.41, 5.74) is 3.04. The van der Waals surface area contributed by atoms with Crippen molar-refractivity contribution >= 4 is 71.4 Å². The van der Waals surface area contributed by atoms with Gasteiger partial charge >= 0.3 is 0 Å². The Morgan fingerprint density at radius 2 is 1.67 bits per heavy atom. The monoisotopic (exact) mass is 485 g/mol. The van der Waals surface area contributed by atoms with Gasteiger partial charge in [-0.1, -0.05) is 18.2 Å². The van der Waals surface area contributed by atoms with Crippen molar-refractivity contribution in [3.05, 3.63) is 75.1 Å². The van der Waals surface area contributed by atoms with Gasteiger partial charge in [0.1, 0.15) is 0 Å². The lowest BCUT2D eigenvalue weighted by Gasteiger charge is -1.99. The molecule has 7 heteroatoms. The van der Waals surface area contributed by atoms with Crippen LogP contribution in [0.2, 0.25) is 0 Å². The molecule has 0 radical (unpaired) electrons. The Morgan fingerprint density at radius 3 is 2.52 bits per heavy atom. The second-order valence-corrected chi connectivity index (χ2v) is 7.65. The van der Waals surface area contributed by atoms with Crippen molar-refractivity contribution < 1.29 is 9.59 Å². The van der Waals surface area contributed by atoms with E-state index in [9.17, 15) is 9.59 Å². The summed E-state index contributed by atoms with van der Waals surface area (Å²) in [5.74, 6) is -1.26. The molecule has 4 rings (SSSR count). The molecule has 3 N–H and O–H groups in total. The fourth-order valence-corrected chi connectivity index (χ4v) is 3.62. The first-order chi connectivity index (χ1) is 13.0. The minimum absolute atomic E-state index is 0.359. The predicted octanol–water partition coefficient (Wildman–Crippen LogP) is 5.14. The predicted molar refractivity (Wildman–Crippen MR) is 114 cm³/mol. The van der Waals surface area contributed by atoms with Crippen LogP contribution < -0.4 is 5.32 Å². The number of carbonyl (C=O) groups is 2. The summed E-state index contributed by atoms with van der Waals surface area (Å²) in [5, 5.41) is 4.28. The largest absolute Gasteiger partial charge is 0.361 e. The van der Waals surface area contributed by atoms with Crippen molar-refractivity contribution in [3.63, 3.8) is 0 Å². The van der Waals surface area contributed by atoms with Crippen LogP contribution in [0.25, 0.3) is 27.9 Å². The van der Waals surface area contributed by atoms with E-state index in [1.54, 1.807) is 12.3 Å². The fraction of sp³-hybridized carbons (Fsp3) is 0. The van der Waals surface area contributed by atoms with E-state index in [0.717, 1.165) is 36.3 Å². The first kappa shape index (κ1) is 17.8. The van der Waals surface area contributed by atoms with Gasteiger partial charge in [0.2, 0.25) is 0 Å². The molecule has 0 unspecified atom stereocenters. The number of halogens is 2. The molecular weight excluding hydrogens is 474 g/mol. The third-order valence-electron chi connectivity index (χ3n) is 4.27.